The molecule has 7 nitrogen and oxygen atoms in total. The van der Waals surface area contributed by atoms with Gasteiger partial charge in [0.2, 0.25) is 5.91 Å². The minimum Gasteiger partial charge on any atom is -0.464 e. The van der Waals surface area contributed by atoms with Gasteiger partial charge in [-0.25, -0.2) is 0 Å². The van der Waals surface area contributed by atoms with Crippen molar-refractivity contribution < 1.29 is 23.9 Å². The maximum atomic E-state index is 12.8. The lowest BCUT2D eigenvalue weighted by Crippen LogP contribution is -2.45. The maximum absolute atomic E-state index is 12.8. The second kappa shape index (κ2) is 37.0. The molecular formula is C40H80N2O5S. The number of thiol groups is 1. The third-order valence-electron chi connectivity index (χ3n) is 9.38. The first kappa shape index (κ1) is 48.8. The monoisotopic (exact) mass is 701 g/mol. The molecule has 0 radical (unpaired) electrons. The number of amides is 1. The smallest absolute Gasteiger partial charge is 0.308 e. The Labute approximate surface area is 303 Å². The summed E-state index contributed by atoms with van der Waals surface area (Å²) >= 11 is 3.53. The number of hydrogen-bond donors (Lipinski definition) is 2. The van der Waals surface area contributed by atoms with Gasteiger partial charge in [0.25, 0.3) is 0 Å². The van der Waals surface area contributed by atoms with Gasteiger partial charge in [-0.2, -0.15) is 12.6 Å². The van der Waals surface area contributed by atoms with E-state index in [2.05, 4.69) is 26.5 Å². The third kappa shape index (κ3) is 28.5. The molecule has 0 saturated heterocycles. The fraction of sp³-hybridized carbons (Fsp3) is 0.925. The lowest BCUT2D eigenvalue weighted by atomic mass is 9.98. The van der Waals surface area contributed by atoms with E-state index < -0.39 is 6.04 Å². The zero-order valence-electron chi connectivity index (χ0n) is 32.5. The van der Waals surface area contributed by atoms with Crippen LogP contribution in [0.1, 0.15) is 189 Å². The van der Waals surface area contributed by atoms with E-state index in [1.807, 2.05) is 13.8 Å². The standard InChI is InChI=1S/C39H76N2O5.CH4S/c1-6-10-12-14-16-18-20-22-24-26-28-35(8-3)38(43)45-32-30-41(37(42)34(5)40)31-33-46-39(44)36(9-4)29-27-25-23-21-19-17-15-13-11-7-2;1-2/h34-36H,6-33,40H2,1-5H3;2H,1H3. The van der Waals surface area contributed by atoms with Crippen molar-refractivity contribution in [1.29, 1.82) is 0 Å². The fourth-order valence-corrected chi connectivity index (χ4v) is 6.10. The maximum Gasteiger partial charge on any atom is 0.308 e. The van der Waals surface area contributed by atoms with Crippen molar-refractivity contribution in [3.63, 3.8) is 0 Å². The van der Waals surface area contributed by atoms with E-state index in [4.69, 9.17) is 15.2 Å². The van der Waals surface area contributed by atoms with Gasteiger partial charge < -0.3 is 20.1 Å². The Morgan fingerprint density at radius 2 is 0.833 bits per heavy atom. The summed E-state index contributed by atoms with van der Waals surface area (Å²) in [5, 5.41) is 0. The van der Waals surface area contributed by atoms with Crippen molar-refractivity contribution in [3.8, 4) is 0 Å². The van der Waals surface area contributed by atoms with E-state index in [-0.39, 0.29) is 56.0 Å². The zero-order chi connectivity index (χ0) is 36.3. The molecule has 48 heavy (non-hydrogen) atoms. The van der Waals surface area contributed by atoms with Gasteiger partial charge in [0.15, 0.2) is 0 Å². The van der Waals surface area contributed by atoms with Gasteiger partial charge in [0.1, 0.15) is 13.2 Å². The Hall–Kier alpha value is -1.28. The third-order valence-corrected chi connectivity index (χ3v) is 9.38. The average molecular weight is 701 g/mol. The molecule has 0 aliphatic rings. The van der Waals surface area contributed by atoms with E-state index >= 15 is 0 Å². The SMILES string of the molecule is CCCCCCCCCCCCC(CC)C(=O)OCCN(CCOC(=O)C(CC)CCCCCCCCCCCC)C(=O)C(C)N.CS. The van der Waals surface area contributed by atoms with Gasteiger partial charge in [-0.3, -0.25) is 14.4 Å². The van der Waals surface area contributed by atoms with E-state index in [1.54, 1.807) is 18.1 Å². The molecule has 3 atom stereocenters. The molecule has 1 amide bonds. The van der Waals surface area contributed by atoms with Gasteiger partial charge in [-0.1, -0.05) is 156 Å². The Morgan fingerprint density at radius 1 is 0.542 bits per heavy atom. The van der Waals surface area contributed by atoms with Gasteiger partial charge in [0.05, 0.1) is 31.0 Å². The normalized spacial score (nSPS) is 12.8. The summed E-state index contributed by atoms with van der Waals surface area (Å²) in [4.78, 5) is 39.8. The molecule has 0 aromatic heterocycles. The first-order chi connectivity index (χ1) is 23.3. The summed E-state index contributed by atoms with van der Waals surface area (Å²) in [6, 6.07) is -0.675. The number of carbonyl (C=O) groups excluding carboxylic acids is 3. The van der Waals surface area contributed by atoms with Crippen LogP contribution in [0.3, 0.4) is 0 Å². The minimum absolute atomic E-state index is 0.103. The highest BCUT2D eigenvalue weighted by atomic mass is 32.1. The number of carbonyl (C=O) groups is 3. The zero-order valence-corrected chi connectivity index (χ0v) is 33.4. The molecule has 0 aliphatic heterocycles. The van der Waals surface area contributed by atoms with Crippen molar-refractivity contribution in [2.75, 3.05) is 32.6 Å². The predicted octanol–water partition coefficient (Wildman–Crippen LogP) is 10.5. The van der Waals surface area contributed by atoms with Crippen LogP contribution in [0.15, 0.2) is 0 Å². The van der Waals surface area contributed by atoms with E-state index in [9.17, 15) is 14.4 Å². The van der Waals surface area contributed by atoms with Gasteiger partial charge in [-0.05, 0) is 38.9 Å². The molecule has 0 heterocycles. The largest absolute Gasteiger partial charge is 0.464 e. The van der Waals surface area contributed by atoms with E-state index in [0.29, 0.717) is 0 Å². The number of hydrogen-bond acceptors (Lipinski definition) is 7. The molecule has 0 aromatic rings. The predicted molar refractivity (Wildman–Crippen MR) is 208 cm³/mol. The van der Waals surface area contributed by atoms with Crippen LogP contribution in [0.2, 0.25) is 0 Å². The molecule has 2 N–H and O–H groups in total. The highest BCUT2D eigenvalue weighted by Crippen LogP contribution is 2.19. The number of unbranched alkanes of at least 4 members (excludes halogenated alkanes) is 18. The molecular weight excluding hydrogens is 621 g/mol. The highest BCUT2D eigenvalue weighted by molar-refractivity contribution is 7.79. The molecule has 286 valence electrons. The number of rotatable bonds is 33. The summed E-state index contributed by atoms with van der Waals surface area (Å²) in [6.07, 6.45) is 30.4. The summed E-state index contributed by atoms with van der Waals surface area (Å²) < 4.78 is 11.2. The van der Waals surface area contributed by atoms with Crippen molar-refractivity contribution in [3.05, 3.63) is 0 Å². The quantitative estimate of drug-likeness (QED) is 0.0402. The number of nitrogens with zero attached hydrogens (tertiary/aromatic N) is 1. The second-order valence-electron chi connectivity index (χ2n) is 13.6. The fourth-order valence-electron chi connectivity index (χ4n) is 6.10. The second-order valence-corrected chi connectivity index (χ2v) is 13.6. The molecule has 0 aromatic carbocycles. The van der Waals surface area contributed by atoms with Crippen LogP contribution in [0.4, 0.5) is 0 Å². The Morgan fingerprint density at radius 3 is 1.10 bits per heavy atom. The molecule has 8 heteroatoms. The first-order valence-corrected chi connectivity index (χ1v) is 21.0. The summed E-state index contributed by atoms with van der Waals surface area (Å²) in [6.45, 7) is 10.9. The van der Waals surface area contributed by atoms with Crippen LogP contribution in [0.5, 0.6) is 0 Å². The summed E-state index contributed by atoms with van der Waals surface area (Å²) in [5.41, 5.74) is 5.88. The van der Waals surface area contributed by atoms with Crippen molar-refractivity contribution in [1.82, 2.24) is 4.90 Å². The van der Waals surface area contributed by atoms with Crippen LogP contribution in [0, 0.1) is 11.8 Å². The number of ether oxygens (including phenoxy) is 2. The molecule has 0 spiro atoms. The van der Waals surface area contributed by atoms with Crippen LogP contribution in [0.25, 0.3) is 0 Å². The van der Waals surface area contributed by atoms with Crippen LogP contribution in [-0.4, -0.2) is 61.3 Å². The minimum atomic E-state index is -0.675. The topological polar surface area (TPSA) is 98.9 Å². The summed E-state index contributed by atoms with van der Waals surface area (Å²) in [5.74, 6) is -0.809. The number of nitrogens with two attached hydrogens (primary N) is 1. The average Bonchev–Trinajstić information content (AvgIpc) is 3.09. The van der Waals surface area contributed by atoms with Crippen LogP contribution < -0.4 is 5.73 Å². The molecule has 0 saturated carbocycles. The van der Waals surface area contributed by atoms with Crippen molar-refractivity contribution in [2.24, 2.45) is 17.6 Å². The van der Waals surface area contributed by atoms with Gasteiger partial charge >= 0.3 is 11.9 Å². The van der Waals surface area contributed by atoms with Crippen molar-refractivity contribution >= 4 is 30.5 Å². The Bertz CT molecular complexity index is 686. The molecule has 0 rings (SSSR count). The molecule has 0 bridgehead atoms. The Kier molecular flexibility index (Phi) is 37.6. The molecule has 0 fully saturated rings. The molecule has 0 aliphatic carbocycles. The van der Waals surface area contributed by atoms with Crippen molar-refractivity contribution in [2.45, 2.75) is 195 Å². The Balaban J connectivity index is 0. The number of esters is 2. The summed E-state index contributed by atoms with van der Waals surface area (Å²) in [7, 11) is 0. The van der Waals surface area contributed by atoms with E-state index in [1.165, 1.54) is 103 Å². The molecule has 3 unspecified atom stereocenters. The van der Waals surface area contributed by atoms with Crippen LogP contribution >= 0.6 is 12.6 Å². The highest BCUT2D eigenvalue weighted by Gasteiger charge is 2.22. The van der Waals surface area contributed by atoms with Crippen LogP contribution in [-0.2, 0) is 23.9 Å². The van der Waals surface area contributed by atoms with Gasteiger partial charge in [-0.15, -0.1) is 0 Å². The van der Waals surface area contributed by atoms with E-state index in [0.717, 1.165) is 51.4 Å². The first-order valence-electron chi connectivity index (χ1n) is 20.1. The lowest BCUT2D eigenvalue weighted by molar-refractivity contribution is -0.152. The lowest BCUT2D eigenvalue weighted by Gasteiger charge is -2.25. The van der Waals surface area contributed by atoms with Gasteiger partial charge in [0, 0.05) is 0 Å².